The number of carbonyl (C=O) groups excluding carboxylic acids is 1. The van der Waals surface area contributed by atoms with E-state index in [0.717, 1.165) is 16.0 Å². The molecule has 146 valence electrons. The molecule has 1 aromatic heterocycles. The SMILES string of the molecule is CC(C)Sc1cccc(-c2nnc(NC(=O)Cc3ccc(C(C)C)cc3)o2)c1. The van der Waals surface area contributed by atoms with Gasteiger partial charge < -0.3 is 4.42 Å². The average Bonchev–Trinajstić information content (AvgIpc) is 3.10. The Labute approximate surface area is 170 Å². The van der Waals surface area contributed by atoms with Gasteiger partial charge in [0.2, 0.25) is 11.8 Å². The Hall–Kier alpha value is -2.60. The second kappa shape index (κ2) is 9.06. The molecular formula is C22H25N3O2S. The van der Waals surface area contributed by atoms with E-state index in [9.17, 15) is 4.79 Å². The molecule has 0 bridgehead atoms. The summed E-state index contributed by atoms with van der Waals surface area (Å²) >= 11 is 1.77. The molecule has 6 heteroatoms. The van der Waals surface area contributed by atoms with Crippen molar-refractivity contribution in [3.8, 4) is 11.5 Å². The van der Waals surface area contributed by atoms with Crippen LogP contribution in [0.3, 0.4) is 0 Å². The average molecular weight is 396 g/mol. The van der Waals surface area contributed by atoms with Gasteiger partial charge in [-0.1, -0.05) is 63.1 Å². The Kier molecular flexibility index (Phi) is 6.52. The van der Waals surface area contributed by atoms with E-state index in [1.54, 1.807) is 11.8 Å². The lowest BCUT2D eigenvalue weighted by Crippen LogP contribution is -2.14. The van der Waals surface area contributed by atoms with Gasteiger partial charge in [-0.2, -0.15) is 0 Å². The summed E-state index contributed by atoms with van der Waals surface area (Å²) in [6, 6.07) is 16.1. The Morgan fingerprint density at radius 2 is 1.82 bits per heavy atom. The summed E-state index contributed by atoms with van der Waals surface area (Å²) < 4.78 is 5.63. The highest BCUT2D eigenvalue weighted by Gasteiger charge is 2.13. The fourth-order valence-electron chi connectivity index (χ4n) is 2.73. The van der Waals surface area contributed by atoms with Gasteiger partial charge in [0.25, 0.3) is 0 Å². The molecule has 0 aliphatic rings. The largest absolute Gasteiger partial charge is 0.403 e. The zero-order chi connectivity index (χ0) is 20.1. The number of benzene rings is 2. The Balaban J connectivity index is 1.63. The van der Waals surface area contributed by atoms with E-state index in [1.165, 1.54) is 5.56 Å². The van der Waals surface area contributed by atoms with E-state index < -0.39 is 0 Å². The highest BCUT2D eigenvalue weighted by atomic mass is 32.2. The molecule has 0 radical (unpaired) electrons. The normalized spacial score (nSPS) is 11.2. The van der Waals surface area contributed by atoms with Crippen molar-refractivity contribution in [3.05, 3.63) is 59.7 Å². The number of amides is 1. The number of rotatable bonds is 7. The second-order valence-electron chi connectivity index (χ2n) is 7.23. The Bertz CT molecular complexity index is 933. The first-order chi connectivity index (χ1) is 13.4. The van der Waals surface area contributed by atoms with Crippen LogP contribution in [0.2, 0.25) is 0 Å². The fourth-order valence-corrected chi connectivity index (χ4v) is 3.63. The minimum absolute atomic E-state index is 0.112. The van der Waals surface area contributed by atoms with Crippen LogP contribution in [0.5, 0.6) is 0 Å². The number of aromatic nitrogens is 2. The molecule has 28 heavy (non-hydrogen) atoms. The van der Waals surface area contributed by atoms with Crippen molar-refractivity contribution in [2.75, 3.05) is 5.32 Å². The van der Waals surface area contributed by atoms with Gasteiger partial charge in [-0.05, 0) is 35.2 Å². The zero-order valence-corrected chi connectivity index (χ0v) is 17.4. The first kappa shape index (κ1) is 20.1. The third-order valence-corrected chi connectivity index (χ3v) is 5.13. The van der Waals surface area contributed by atoms with E-state index in [4.69, 9.17) is 4.42 Å². The molecule has 5 nitrogen and oxygen atoms in total. The van der Waals surface area contributed by atoms with Crippen molar-refractivity contribution in [1.29, 1.82) is 0 Å². The first-order valence-electron chi connectivity index (χ1n) is 9.40. The van der Waals surface area contributed by atoms with Crippen molar-refractivity contribution >= 4 is 23.7 Å². The number of hydrogen-bond donors (Lipinski definition) is 1. The smallest absolute Gasteiger partial charge is 0.322 e. The fraction of sp³-hybridized carbons (Fsp3) is 0.318. The predicted octanol–water partition coefficient (Wildman–Crippen LogP) is 5.54. The minimum atomic E-state index is -0.184. The summed E-state index contributed by atoms with van der Waals surface area (Å²) in [7, 11) is 0. The molecule has 3 aromatic rings. The maximum atomic E-state index is 12.3. The molecule has 0 unspecified atom stereocenters. The van der Waals surface area contributed by atoms with Crippen LogP contribution >= 0.6 is 11.8 Å². The van der Waals surface area contributed by atoms with E-state index in [0.29, 0.717) is 17.1 Å². The lowest BCUT2D eigenvalue weighted by Gasteiger charge is -2.06. The van der Waals surface area contributed by atoms with Gasteiger partial charge in [0.05, 0.1) is 6.42 Å². The van der Waals surface area contributed by atoms with E-state index >= 15 is 0 Å². The van der Waals surface area contributed by atoms with Crippen molar-refractivity contribution in [2.24, 2.45) is 0 Å². The van der Waals surface area contributed by atoms with Crippen LogP contribution in [0.25, 0.3) is 11.5 Å². The van der Waals surface area contributed by atoms with Crippen LogP contribution in [0.1, 0.15) is 44.7 Å². The van der Waals surface area contributed by atoms with Gasteiger partial charge in [-0.25, -0.2) is 0 Å². The van der Waals surface area contributed by atoms with Crippen molar-refractivity contribution in [1.82, 2.24) is 10.2 Å². The third kappa shape index (κ3) is 5.45. The molecule has 1 amide bonds. The Morgan fingerprint density at radius 3 is 2.50 bits per heavy atom. The van der Waals surface area contributed by atoms with Crippen LogP contribution in [0, 0.1) is 0 Å². The summed E-state index contributed by atoms with van der Waals surface area (Å²) in [5, 5.41) is 11.2. The zero-order valence-electron chi connectivity index (χ0n) is 16.6. The number of anilines is 1. The predicted molar refractivity (Wildman–Crippen MR) is 114 cm³/mol. The molecule has 0 fully saturated rings. The number of nitrogens with one attached hydrogen (secondary N) is 1. The summed E-state index contributed by atoms with van der Waals surface area (Å²) in [5.41, 5.74) is 3.03. The van der Waals surface area contributed by atoms with E-state index in [1.807, 2.05) is 30.3 Å². The van der Waals surface area contributed by atoms with Crippen LogP contribution in [0.4, 0.5) is 6.01 Å². The molecule has 0 aliphatic heterocycles. The van der Waals surface area contributed by atoms with Gasteiger partial charge in [0.1, 0.15) is 0 Å². The number of nitrogens with zero attached hydrogens (tertiary/aromatic N) is 2. The minimum Gasteiger partial charge on any atom is -0.403 e. The van der Waals surface area contributed by atoms with E-state index in [-0.39, 0.29) is 18.3 Å². The lowest BCUT2D eigenvalue weighted by molar-refractivity contribution is -0.115. The van der Waals surface area contributed by atoms with Crippen LogP contribution < -0.4 is 5.32 Å². The topological polar surface area (TPSA) is 68.0 Å². The maximum absolute atomic E-state index is 12.3. The molecule has 2 aromatic carbocycles. The van der Waals surface area contributed by atoms with Crippen molar-refractivity contribution in [3.63, 3.8) is 0 Å². The van der Waals surface area contributed by atoms with E-state index in [2.05, 4.69) is 61.4 Å². The molecule has 1 N–H and O–H groups in total. The Morgan fingerprint density at radius 1 is 1.07 bits per heavy atom. The number of hydrogen-bond acceptors (Lipinski definition) is 5. The summed E-state index contributed by atoms with van der Waals surface area (Å²) in [6.45, 7) is 8.58. The standard InChI is InChI=1S/C22H25N3O2S/c1-14(2)17-10-8-16(9-11-17)12-20(26)23-22-25-24-21(27-22)18-6-5-7-19(13-18)28-15(3)4/h5-11,13-15H,12H2,1-4H3,(H,23,25,26). The third-order valence-electron chi connectivity index (χ3n) is 4.14. The summed E-state index contributed by atoms with van der Waals surface area (Å²) in [4.78, 5) is 13.4. The van der Waals surface area contributed by atoms with Gasteiger partial charge in [0.15, 0.2) is 0 Å². The molecule has 0 spiro atoms. The molecule has 0 saturated heterocycles. The molecule has 0 atom stereocenters. The number of thioether (sulfide) groups is 1. The lowest BCUT2D eigenvalue weighted by atomic mass is 10.0. The highest BCUT2D eigenvalue weighted by molar-refractivity contribution is 7.99. The molecule has 0 aliphatic carbocycles. The van der Waals surface area contributed by atoms with Gasteiger partial charge in [-0.3, -0.25) is 10.1 Å². The first-order valence-corrected chi connectivity index (χ1v) is 10.3. The second-order valence-corrected chi connectivity index (χ2v) is 8.88. The maximum Gasteiger partial charge on any atom is 0.322 e. The van der Waals surface area contributed by atoms with Gasteiger partial charge >= 0.3 is 6.01 Å². The van der Waals surface area contributed by atoms with Crippen molar-refractivity contribution < 1.29 is 9.21 Å². The highest BCUT2D eigenvalue weighted by Crippen LogP contribution is 2.28. The van der Waals surface area contributed by atoms with Crippen LogP contribution in [-0.2, 0) is 11.2 Å². The molecule has 3 rings (SSSR count). The summed E-state index contributed by atoms with van der Waals surface area (Å²) in [6.07, 6.45) is 0.261. The monoisotopic (exact) mass is 395 g/mol. The van der Waals surface area contributed by atoms with Crippen LogP contribution in [-0.4, -0.2) is 21.4 Å². The summed E-state index contributed by atoms with van der Waals surface area (Å²) in [5.74, 6) is 0.677. The van der Waals surface area contributed by atoms with Gasteiger partial charge in [-0.15, -0.1) is 16.9 Å². The number of carbonyl (C=O) groups is 1. The molecular weight excluding hydrogens is 370 g/mol. The quantitative estimate of drug-likeness (QED) is 0.532. The van der Waals surface area contributed by atoms with Gasteiger partial charge in [0, 0.05) is 15.7 Å². The molecule has 1 heterocycles. The molecule has 0 saturated carbocycles. The van der Waals surface area contributed by atoms with Crippen molar-refractivity contribution in [2.45, 2.75) is 50.2 Å². The van der Waals surface area contributed by atoms with Crippen LogP contribution in [0.15, 0.2) is 57.8 Å².